The molecule has 1 aliphatic heterocycles. The second kappa shape index (κ2) is 9.02. The first-order valence-corrected chi connectivity index (χ1v) is 10.1. The molecule has 10 heteroatoms. The molecule has 27 heavy (non-hydrogen) atoms. The second-order valence-electron chi connectivity index (χ2n) is 5.75. The quantitative estimate of drug-likeness (QED) is 0.226. The Morgan fingerprint density at radius 3 is 2.63 bits per heavy atom. The molecule has 0 saturated carbocycles. The third-order valence-corrected chi connectivity index (χ3v) is 6.12. The lowest BCUT2D eigenvalue weighted by Crippen LogP contribution is -2.57. The number of hydrogen-bond acceptors (Lipinski definition) is 9. The van der Waals surface area contributed by atoms with Gasteiger partial charge in [0.1, 0.15) is 11.5 Å². The highest BCUT2D eigenvalue weighted by Crippen LogP contribution is 2.55. The molecule has 0 spiro atoms. The van der Waals surface area contributed by atoms with Crippen molar-refractivity contribution in [3.8, 4) is 11.9 Å². The van der Waals surface area contributed by atoms with Crippen molar-refractivity contribution >= 4 is 13.4 Å². The van der Waals surface area contributed by atoms with Crippen molar-refractivity contribution in [2.24, 2.45) is 0 Å². The summed E-state index contributed by atoms with van der Waals surface area (Å²) >= 11 is 0. The van der Waals surface area contributed by atoms with Crippen molar-refractivity contribution < 1.29 is 23.5 Å². The fourth-order valence-electron chi connectivity index (χ4n) is 2.68. The molecule has 1 aromatic rings. The lowest BCUT2D eigenvalue weighted by atomic mass is 10.0. The van der Waals surface area contributed by atoms with Crippen LogP contribution in [0, 0.1) is 18.4 Å². The SMILES string of the molecule is CCOP(=O)(OCC)C1NC(NC#N)NC=C1C(=O)c1cc(C)ccc1O. The third kappa shape index (κ3) is 4.67. The maximum Gasteiger partial charge on any atom is 0.352 e. The highest BCUT2D eigenvalue weighted by atomic mass is 31.2. The fraction of sp³-hybridized carbons (Fsp3) is 0.412. The number of rotatable bonds is 8. The Hall–Kier alpha value is -2.37. The molecule has 146 valence electrons. The standard InChI is InChI=1S/C17H23N4O5P/c1-4-25-27(24,26-5-2)16-13(9-19-17(21-16)20-10-18)15(23)12-8-11(3)6-7-14(12)22/h6-9,16-17,19-22H,4-5H2,1-3H3. The van der Waals surface area contributed by atoms with Gasteiger partial charge in [-0.2, -0.15) is 5.26 Å². The first kappa shape index (κ1) is 20.9. The van der Waals surface area contributed by atoms with Gasteiger partial charge >= 0.3 is 7.60 Å². The molecule has 2 atom stereocenters. The van der Waals surface area contributed by atoms with Crippen molar-refractivity contribution in [2.75, 3.05) is 13.2 Å². The predicted octanol–water partition coefficient (Wildman–Crippen LogP) is 1.91. The minimum Gasteiger partial charge on any atom is -0.507 e. The lowest BCUT2D eigenvalue weighted by Gasteiger charge is -2.35. The number of nitrogens with zero attached hydrogens (tertiary/aromatic N) is 1. The molecule has 0 radical (unpaired) electrons. The van der Waals surface area contributed by atoms with Crippen LogP contribution < -0.4 is 16.0 Å². The van der Waals surface area contributed by atoms with E-state index in [1.54, 1.807) is 39.1 Å². The van der Waals surface area contributed by atoms with Crippen LogP contribution in [0.15, 0.2) is 30.0 Å². The minimum absolute atomic E-state index is 0.0668. The van der Waals surface area contributed by atoms with Crippen molar-refractivity contribution in [3.63, 3.8) is 0 Å². The van der Waals surface area contributed by atoms with Crippen LogP contribution in [0.5, 0.6) is 5.75 Å². The zero-order chi connectivity index (χ0) is 20.0. The number of benzene rings is 1. The number of ketones is 1. The largest absolute Gasteiger partial charge is 0.507 e. The molecule has 1 aromatic carbocycles. The molecular formula is C17H23N4O5P. The summed E-state index contributed by atoms with van der Waals surface area (Å²) in [7, 11) is -3.78. The smallest absolute Gasteiger partial charge is 0.352 e. The maximum absolute atomic E-state index is 13.3. The molecule has 2 unspecified atom stereocenters. The summed E-state index contributed by atoms with van der Waals surface area (Å²) in [5.74, 6) is -1.85. The monoisotopic (exact) mass is 394 g/mol. The number of hydrogen-bond donors (Lipinski definition) is 4. The molecule has 0 saturated heterocycles. The van der Waals surface area contributed by atoms with Crippen LogP contribution >= 0.6 is 7.60 Å². The summed E-state index contributed by atoms with van der Waals surface area (Å²) in [6, 6.07) is 4.64. The summed E-state index contributed by atoms with van der Waals surface area (Å²) in [6.07, 6.45) is 2.35. The third-order valence-electron chi connectivity index (χ3n) is 3.83. The van der Waals surface area contributed by atoms with Gasteiger partial charge < -0.3 is 19.5 Å². The van der Waals surface area contributed by atoms with Gasteiger partial charge in [-0.1, -0.05) is 11.6 Å². The molecule has 1 heterocycles. The van der Waals surface area contributed by atoms with E-state index in [9.17, 15) is 14.5 Å². The van der Waals surface area contributed by atoms with Crippen LogP contribution in [0.1, 0.15) is 29.8 Å². The van der Waals surface area contributed by atoms with E-state index in [0.29, 0.717) is 0 Å². The summed E-state index contributed by atoms with van der Waals surface area (Å²) in [4.78, 5) is 13.1. The van der Waals surface area contributed by atoms with Crippen molar-refractivity contribution in [1.29, 1.82) is 5.26 Å². The van der Waals surface area contributed by atoms with Crippen LogP contribution in [0.3, 0.4) is 0 Å². The zero-order valence-electron chi connectivity index (χ0n) is 15.4. The molecule has 0 fully saturated rings. The summed E-state index contributed by atoms with van der Waals surface area (Å²) < 4.78 is 24.1. The number of phenols is 1. The molecule has 0 aliphatic carbocycles. The van der Waals surface area contributed by atoms with Crippen molar-refractivity contribution in [1.82, 2.24) is 16.0 Å². The number of nitrogens with one attached hydrogen (secondary N) is 3. The number of Topliss-reactive ketones (excluding diaryl/α,β-unsaturated/α-hetero) is 1. The van der Waals surface area contributed by atoms with Crippen LogP contribution in [-0.2, 0) is 13.6 Å². The van der Waals surface area contributed by atoms with E-state index in [-0.39, 0.29) is 30.1 Å². The van der Waals surface area contributed by atoms with E-state index >= 15 is 0 Å². The maximum atomic E-state index is 13.3. The molecular weight excluding hydrogens is 371 g/mol. The van der Waals surface area contributed by atoms with Gasteiger partial charge in [-0.15, -0.1) is 0 Å². The number of nitriles is 1. The van der Waals surface area contributed by atoms with Crippen LogP contribution in [0.4, 0.5) is 0 Å². The van der Waals surface area contributed by atoms with Gasteiger partial charge in [-0.3, -0.25) is 20.0 Å². The van der Waals surface area contributed by atoms with E-state index in [1.165, 1.54) is 12.3 Å². The predicted molar refractivity (Wildman–Crippen MR) is 98.7 cm³/mol. The van der Waals surface area contributed by atoms with Gasteiger partial charge in [0.25, 0.3) is 0 Å². The van der Waals surface area contributed by atoms with Crippen LogP contribution in [-0.4, -0.2) is 36.2 Å². The Bertz CT molecular complexity index is 810. The van der Waals surface area contributed by atoms with Gasteiger partial charge in [0.15, 0.2) is 18.3 Å². The normalized spacial score (nSPS) is 19.6. The lowest BCUT2D eigenvalue weighted by molar-refractivity contribution is 0.101. The summed E-state index contributed by atoms with van der Waals surface area (Å²) in [5, 5.41) is 27.0. The van der Waals surface area contributed by atoms with Gasteiger partial charge in [0.2, 0.25) is 0 Å². The topological polar surface area (TPSA) is 133 Å². The number of carbonyl (C=O) groups excluding carboxylic acids is 1. The average Bonchev–Trinajstić information content (AvgIpc) is 2.64. The minimum atomic E-state index is -3.78. The van der Waals surface area contributed by atoms with Crippen molar-refractivity contribution in [3.05, 3.63) is 41.1 Å². The molecule has 2 rings (SSSR count). The molecule has 4 N–H and O–H groups in total. The van der Waals surface area contributed by atoms with E-state index in [1.807, 2.05) is 0 Å². The Balaban J connectivity index is 2.49. The Morgan fingerprint density at radius 2 is 2.04 bits per heavy atom. The highest BCUT2D eigenvalue weighted by Gasteiger charge is 2.44. The van der Waals surface area contributed by atoms with Gasteiger partial charge in [-0.25, -0.2) is 0 Å². The fourth-order valence-corrected chi connectivity index (χ4v) is 4.64. The van der Waals surface area contributed by atoms with E-state index in [4.69, 9.17) is 14.3 Å². The van der Waals surface area contributed by atoms with Crippen LogP contribution in [0.2, 0.25) is 0 Å². The first-order valence-electron chi connectivity index (χ1n) is 8.46. The second-order valence-corrected chi connectivity index (χ2v) is 7.86. The van der Waals surface area contributed by atoms with E-state index in [0.717, 1.165) is 5.56 Å². The van der Waals surface area contributed by atoms with Crippen molar-refractivity contribution in [2.45, 2.75) is 32.8 Å². The Labute approximate surface area is 157 Å². The first-order chi connectivity index (χ1) is 12.9. The van der Waals surface area contributed by atoms with Gasteiger partial charge in [0.05, 0.1) is 18.8 Å². The van der Waals surface area contributed by atoms with E-state index in [2.05, 4.69) is 16.0 Å². The molecule has 1 aliphatic rings. The number of aromatic hydroxyl groups is 1. The average molecular weight is 394 g/mol. The molecule has 0 aromatic heterocycles. The number of carbonyl (C=O) groups is 1. The van der Waals surface area contributed by atoms with Gasteiger partial charge in [-0.05, 0) is 32.9 Å². The van der Waals surface area contributed by atoms with Gasteiger partial charge in [0, 0.05) is 11.8 Å². The summed E-state index contributed by atoms with van der Waals surface area (Å²) in [5.41, 5.74) is 0.921. The number of aryl methyl sites for hydroxylation is 1. The molecule has 9 nitrogen and oxygen atoms in total. The number of phenolic OH excluding ortho intramolecular Hbond substituents is 1. The van der Waals surface area contributed by atoms with Crippen LogP contribution in [0.25, 0.3) is 0 Å². The summed E-state index contributed by atoms with van der Waals surface area (Å²) in [6.45, 7) is 5.33. The molecule has 0 amide bonds. The zero-order valence-corrected chi connectivity index (χ0v) is 16.2. The van der Waals surface area contributed by atoms with E-state index < -0.39 is 25.5 Å². The highest BCUT2D eigenvalue weighted by molar-refractivity contribution is 7.55. The Kier molecular flexibility index (Phi) is 6.99. The Morgan fingerprint density at radius 1 is 1.37 bits per heavy atom. The molecule has 0 bridgehead atoms.